The minimum absolute atomic E-state index is 0.265. The third-order valence-electron chi connectivity index (χ3n) is 4.04. The van der Waals surface area contributed by atoms with Crippen molar-refractivity contribution in [3.63, 3.8) is 0 Å². The van der Waals surface area contributed by atoms with Crippen LogP contribution in [0, 0.1) is 0 Å². The van der Waals surface area contributed by atoms with Gasteiger partial charge in [0.05, 0.1) is 13.2 Å². The van der Waals surface area contributed by atoms with Crippen LogP contribution in [0.1, 0.15) is 31.4 Å². The highest BCUT2D eigenvalue weighted by Crippen LogP contribution is 2.38. The van der Waals surface area contributed by atoms with E-state index in [2.05, 4.69) is 11.9 Å². The van der Waals surface area contributed by atoms with Crippen LogP contribution in [0.5, 0.6) is 0 Å². The first kappa shape index (κ1) is 17.2. The minimum Gasteiger partial charge on any atom is -0.464 e. The van der Waals surface area contributed by atoms with Gasteiger partial charge in [0.25, 0.3) is 0 Å². The molecule has 1 N–H and O–H groups in total. The molecule has 1 aliphatic rings. The van der Waals surface area contributed by atoms with Crippen LogP contribution in [0.4, 0.5) is 0 Å². The smallest absolute Gasteiger partial charge is 0.336 e. The fourth-order valence-corrected chi connectivity index (χ4v) is 2.86. The Balaban J connectivity index is 2.28. The van der Waals surface area contributed by atoms with Crippen LogP contribution >= 0.6 is 0 Å². The van der Waals surface area contributed by atoms with E-state index in [1.165, 1.54) is 0 Å². The fourth-order valence-electron chi connectivity index (χ4n) is 2.86. The maximum Gasteiger partial charge on any atom is 0.336 e. The summed E-state index contributed by atoms with van der Waals surface area (Å²) >= 11 is 0. The molecule has 0 bridgehead atoms. The van der Waals surface area contributed by atoms with Crippen LogP contribution in [-0.2, 0) is 31.0 Å². The summed E-state index contributed by atoms with van der Waals surface area (Å²) < 4.78 is 10.6. The Kier molecular flexibility index (Phi) is 5.55. The molecule has 5 heteroatoms. The highest BCUT2D eigenvalue weighted by Gasteiger charge is 2.48. The molecule has 124 valence electrons. The molecule has 0 unspecified atom stereocenters. The van der Waals surface area contributed by atoms with E-state index >= 15 is 0 Å². The average Bonchev–Trinajstić information content (AvgIpc) is 2.93. The van der Waals surface area contributed by atoms with Crippen LogP contribution in [0.3, 0.4) is 0 Å². The van der Waals surface area contributed by atoms with Gasteiger partial charge in [-0.2, -0.15) is 0 Å². The lowest BCUT2D eigenvalue weighted by molar-refractivity contribution is -0.155. The molecule has 2 rings (SSSR count). The van der Waals surface area contributed by atoms with E-state index in [9.17, 15) is 9.59 Å². The number of carbonyl (C=O) groups excluding carboxylic acids is 2. The first-order valence-corrected chi connectivity index (χ1v) is 7.85. The number of ether oxygens (including phenoxy) is 2. The zero-order valence-corrected chi connectivity index (χ0v) is 13.6. The van der Waals surface area contributed by atoms with E-state index in [4.69, 9.17) is 9.47 Å². The second-order valence-electron chi connectivity index (χ2n) is 5.54. The van der Waals surface area contributed by atoms with Gasteiger partial charge in [0.15, 0.2) is 5.54 Å². The summed E-state index contributed by atoms with van der Waals surface area (Å²) in [5.41, 5.74) is 0.735. The third-order valence-corrected chi connectivity index (χ3v) is 4.04. The molecule has 1 amide bonds. The fraction of sp³-hybridized carbons (Fsp3) is 0.444. The van der Waals surface area contributed by atoms with E-state index < -0.39 is 17.6 Å². The zero-order valence-electron chi connectivity index (χ0n) is 13.6. The summed E-state index contributed by atoms with van der Waals surface area (Å²) in [5.74, 6) is -0.758. The molecule has 1 aliphatic carbocycles. The number of hydrogen-bond acceptors (Lipinski definition) is 4. The molecule has 1 aromatic rings. The number of benzene rings is 1. The molecule has 5 nitrogen and oxygen atoms in total. The van der Waals surface area contributed by atoms with Crippen molar-refractivity contribution in [3.05, 3.63) is 48.0 Å². The number of carbonyl (C=O) groups is 2. The molecule has 23 heavy (non-hydrogen) atoms. The van der Waals surface area contributed by atoms with E-state index in [1.54, 1.807) is 19.9 Å². The Morgan fingerprint density at radius 2 is 2.17 bits per heavy atom. The van der Waals surface area contributed by atoms with E-state index in [0.29, 0.717) is 6.42 Å². The lowest BCUT2D eigenvalue weighted by Gasteiger charge is -2.30. The highest BCUT2D eigenvalue weighted by atomic mass is 16.5. The van der Waals surface area contributed by atoms with Gasteiger partial charge in [0.2, 0.25) is 5.91 Å². The van der Waals surface area contributed by atoms with E-state index in [1.807, 2.05) is 24.3 Å². The topological polar surface area (TPSA) is 64.6 Å². The van der Waals surface area contributed by atoms with Crippen LogP contribution < -0.4 is 5.32 Å². The Hall–Kier alpha value is -2.14. The number of aryl methyl sites for hydroxylation is 1. The van der Waals surface area contributed by atoms with Gasteiger partial charge >= 0.3 is 5.97 Å². The summed E-state index contributed by atoms with van der Waals surface area (Å²) in [5, 5.41) is 2.87. The van der Waals surface area contributed by atoms with Crippen LogP contribution in [0.2, 0.25) is 0 Å². The number of rotatable bonds is 7. The average molecular weight is 317 g/mol. The summed E-state index contributed by atoms with van der Waals surface area (Å²) in [6, 6.07) is 7.63. The zero-order chi connectivity index (χ0) is 16.9. The standard InChI is InChI=1S/C18H23NO4/c1-4-12-23-13(3)16(20)19-18(17(21)22-5-2)11-10-14-8-6-7-9-15(14)18/h4,6-9,13H,1,5,10-12H2,2-3H3,(H,19,20)/t13-,18+/m0/s1. The number of amides is 1. The Morgan fingerprint density at radius 3 is 2.87 bits per heavy atom. The van der Waals surface area contributed by atoms with Crippen LogP contribution in [0.25, 0.3) is 0 Å². The van der Waals surface area contributed by atoms with Crippen molar-refractivity contribution in [2.24, 2.45) is 0 Å². The second kappa shape index (κ2) is 7.42. The van der Waals surface area contributed by atoms with Crippen molar-refractivity contribution in [2.45, 2.75) is 38.3 Å². The summed E-state index contributed by atoms with van der Waals surface area (Å²) in [6.45, 7) is 7.51. The van der Waals surface area contributed by atoms with Crippen molar-refractivity contribution in [3.8, 4) is 0 Å². The predicted octanol–water partition coefficient (Wildman–Crippen LogP) is 2.10. The van der Waals surface area contributed by atoms with Gasteiger partial charge in [-0.1, -0.05) is 30.3 Å². The van der Waals surface area contributed by atoms with Gasteiger partial charge in [0.1, 0.15) is 6.10 Å². The molecule has 1 aromatic carbocycles. The lowest BCUT2D eigenvalue weighted by atomic mass is 9.91. The molecular weight excluding hydrogens is 294 g/mol. The number of esters is 1. The van der Waals surface area contributed by atoms with Gasteiger partial charge in [-0.25, -0.2) is 4.79 Å². The molecule has 0 aromatic heterocycles. The van der Waals surface area contributed by atoms with Crippen molar-refractivity contribution in [2.75, 3.05) is 13.2 Å². The van der Waals surface area contributed by atoms with E-state index in [-0.39, 0.29) is 19.1 Å². The van der Waals surface area contributed by atoms with Crippen molar-refractivity contribution in [1.82, 2.24) is 5.32 Å². The van der Waals surface area contributed by atoms with Crippen molar-refractivity contribution >= 4 is 11.9 Å². The van der Waals surface area contributed by atoms with Gasteiger partial charge in [-0.15, -0.1) is 6.58 Å². The Morgan fingerprint density at radius 1 is 1.43 bits per heavy atom. The van der Waals surface area contributed by atoms with Gasteiger partial charge in [0, 0.05) is 0 Å². The van der Waals surface area contributed by atoms with Crippen molar-refractivity contribution in [1.29, 1.82) is 0 Å². The molecule has 0 spiro atoms. The maximum atomic E-state index is 12.6. The highest BCUT2D eigenvalue weighted by molar-refractivity contribution is 5.91. The van der Waals surface area contributed by atoms with Crippen LogP contribution in [0.15, 0.2) is 36.9 Å². The lowest BCUT2D eigenvalue weighted by Crippen LogP contribution is -2.54. The third kappa shape index (κ3) is 3.45. The first-order valence-electron chi connectivity index (χ1n) is 7.85. The number of fused-ring (bicyclic) bond motifs is 1. The summed E-state index contributed by atoms with van der Waals surface area (Å²) in [4.78, 5) is 25.1. The summed E-state index contributed by atoms with van der Waals surface area (Å²) in [7, 11) is 0. The largest absolute Gasteiger partial charge is 0.464 e. The SMILES string of the molecule is C=CCO[C@@H](C)C(=O)N[C@]1(C(=O)OCC)CCc2ccccc21. The first-order chi connectivity index (χ1) is 11.0. The van der Waals surface area contributed by atoms with Crippen LogP contribution in [-0.4, -0.2) is 31.2 Å². The predicted molar refractivity (Wildman–Crippen MR) is 86.8 cm³/mol. The molecule has 0 fully saturated rings. The van der Waals surface area contributed by atoms with Crippen molar-refractivity contribution < 1.29 is 19.1 Å². The molecule has 0 saturated heterocycles. The van der Waals surface area contributed by atoms with Gasteiger partial charge in [-0.3, -0.25) is 4.79 Å². The van der Waals surface area contributed by atoms with Gasteiger partial charge < -0.3 is 14.8 Å². The second-order valence-corrected chi connectivity index (χ2v) is 5.54. The minimum atomic E-state index is -1.13. The molecular formula is C18H23NO4. The van der Waals surface area contributed by atoms with Gasteiger partial charge in [-0.05, 0) is 37.8 Å². The summed E-state index contributed by atoms with van der Waals surface area (Å²) in [6.07, 6.45) is 2.12. The normalized spacial score (nSPS) is 20.4. The molecule has 0 saturated carbocycles. The van der Waals surface area contributed by atoms with E-state index in [0.717, 1.165) is 17.5 Å². The molecule has 0 aliphatic heterocycles. The number of nitrogens with one attached hydrogen (secondary N) is 1. The maximum absolute atomic E-state index is 12.6. The Bertz CT molecular complexity index is 598. The number of hydrogen-bond donors (Lipinski definition) is 1. The molecule has 2 atom stereocenters. The quantitative estimate of drug-likeness (QED) is 0.618. The Labute approximate surface area is 136 Å². The monoisotopic (exact) mass is 317 g/mol. The molecule has 0 heterocycles. The molecule has 0 radical (unpaired) electrons.